The van der Waals surface area contributed by atoms with Gasteiger partial charge in [-0.05, 0) is 24.4 Å². The van der Waals surface area contributed by atoms with Crippen molar-refractivity contribution < 1.29 is 13.2 Å². The molecule has 0 heterocycles. The van der Waals surface area contributed by atoms with Crippen LogP contribution in [-0.2, 0) is 0 Å². The Morgan fingerprint density at radius 2 is 1.61 bits per heavy atom. The van der Waals surface area contributed by atoms with Gasteiger partial charge in [-0.2, -0.15) is 0 Å². The fraction of sp³-hybridized carbons (Fsp3) is 0.571. The fourth-order valence-electron chi connectivity index (χ4n) is 1.93. The molecule has 0 aliphatic carbocycles. The van der Waals surface area contributed by atoms with Crippen molar-refractivity contribution in [1.29, 1.82) is 0 Å². The van der Waals surface area contributed by atoms with Gasteiger partial charge in [-0.25, -0.2) is 13.2 Å². The zero-order valence-corrected chi connectivity index (χ0v) is 11.3. The summed E-state index contributed by atoms with van der Waals surface area (Å²) in [6.07, 6.45) is 0.887. The van der Waals surface area contributed by atoms with Crippen LogP contribution in [0.2, 0.25) is 0 Å². The van der Waals surface area contributed by atoms with Crippen molar-refractivity contribution in [1.82, 2.24) is 5.32 Å². The highest BCUT2D eigenvalue weighted by Gasteiger charge is 2.29. The molecule has 1 unspecified atom stereocenters. The predicted octanol–water partition coefficient (Wildman–Crippen LogP) is 4.19. The van der Waals surface area contributed by atoms with Crippen LogP contribution in [0.15, 0.2) is 12.1 Å². The van der Waals surface area contributed by atoms with E-state index >= 15 is 0 Å². The Labute approximate surface area is 106 Å². The summed E-state index contributed by atoms with van der Waals surface area (Å²) in [6, 6.07) is 1.20. The van der Waals surface area contributed by atoms with E-state index in [1.165, 1.54) is 0 Å². The molecule has 0 aliphatic rings. The SMILES string of the molecule is CCCNC(c1cc(F)c(F)cc1F)C(C)(C)C. The van der Waals surface area contributed by atoms with Gasteiger partial charge in [-0.3, -0.25) is 0 Å². The molecule has 1 atom stereocenters. The van der Waals surface area contributed by atoms with Crippen molar-refractivity contribution >= 4 is 0 Å². The maximum Gasteiger partial charge on any atom is 0.161 e. The van der Waals surface area contributed by atoms with Gasteiger partial charge in [0.15, 0.2) is 11.6 Å². The summed E-state index contributed by atoms with van der Waals surface area (Å²) >= 11 is 0. The third-order valence-electron chi connectivity index (χ3n) is 2.82. The van der Waals surface area contributed by atoms with E-state index in [2.05, 4.69) is 5.32 Å². The Bertz CT molecular complexity index is 410. The molecule has 0 fully saturated rings. The number of halogens is 3. The summed E-state index contributed by atoms with van der Waals surface area (Å²) < 4.78 is 40.0. The molecule has 0 saturated heterocycles. The van der Waals surface area contributed by atoms with Gasteiger partial charge in [0.25, 0.3) is 0 Å². The third-order valence-corrected chi connectivity index (χ3v) is 2.82. The van der Waals surface area contributed by atoms with E-state index in [1.54, 1.807) is 0 Å². The van der Waals surface area contributed by atoms with Crippen molar-refractivity contribution in [2.75, 3.05) is 6.54 Å². The monoisotopic (exact) mass is 259 g/mol. The molecule has 0 aromatic heterocycles. The van der Waals surface area contributed by atoms with Gasteiger partial charge in [-0.15, -0.1) is 0 Å². The minimum absolute atomic E-state index is 0.176. The van der Waals surface area contributed by atoms with E-state index in [4.69, 9.17) is 0 Å². The second-order valence-electron chi connectivity index (χ2n) is 5.54. The van der Waals surface area contributed by atoms with Crippen molar-refractivity contribution in [2.45, 2.75) is 40.2 Å². The normalized spacial score (nSPS) is 13.7. The standard InChI is InChI=1S/C14H20F3N/c1-5-6-18-13(14(2,3)4)9-7-11(16)12(17)8-10(9)15/h7-8,13,18H,5-6H2,1-4H3. The van der Waals surface area contributed by atoms with Gasteiger partial charge < -0.3 is 5.32 Å². The lowest BCUT2D eigenvalue weighted by molar-refractivity contribution is 0.265. The molecule has 1 nitrogen and oxygen atoms in total. The lowest BCUT2D eigenvalue weighted by Crippen LogP contribution is -2.33. The number of benzene rings is 1. The minimum Gasteiger partial charge on any atom is -0.309 e. The fourth-order valence-corrected chi connectivity index (χ4v) is 1.93. The number of nitrogens with one attached hydrogen (secondary N) is 1. The summed E-state index contributed by atoms with van der Waals surface area (Å²) in [4.78, 5) is 0. The van der Waals surface area contributed by atoms with Crippen molar-refractivity contribution in [3.05, 3.63) is 35.1 Å². The highest BCUT2D eigenvalue weighted by Crippen LogP contribution is 2.34. The Hall–Kier alpha value is -1.03. The van der Waals surface area contributed by atoms with Crippen molar-refractivity contribution in [3.8, 4) is 0 Å². The van der Waals surface area contributed by atoms with E-state index in [0.717, 1.165) is 12.5 Å². The van der Waals surface area contributed by atoms with Crippen LogP contribution in [0.1, 0.15) is 45.7 Å². The van der Waals surface area contributed by atoms with Gasteiger partial charge >= 0.3 is 0 Å². The topological polar surface area (TPSA) is 12.0 Å². The van der Waals surface area contributed by atoms with Gasteiger partial charge in [0.1, 0.15) is 5.82 Å². The maximum atomic E-state index is 13.8. The van der Waals surface area contributed by atoms with Crippen LogP contribution in [-0.4, -0.2) is 6.54 Å². The summed E-state index contributed by atoms with van der Waals surface area (Å²) in [7, 11) is 0. The number of hydrogen-bond acceptors (Lipinski definition) is 1. The molecule has 4 heteroatoms. The molecule has 0 aliphatic heterocycles. The molecule has 18 heavy (non-hydrogen) atoms. The summed E-state index contributed by atoms with van der Waals surface area (Å²) in [5.74, 6) is -2.88. The Morgan fingerprint density at radius 1 is 1.06 bits per heavy atom. The van der Waals surface area contributed by atoms with Crippen LogP contribution in [0.25, 0.3) is 0 Å². The second kappa shape index (κ2) is 5.74. The van der Waals surface area contributed by atoms with Crippen molar-refractivity contribution in [3.63, 3.8) is 0 Å². The van der Waals surface area contributed by atoms with Crippen LogP contribution in [0.5, 0.6) is 0 Å². The largest absolute Gasteiger partial charge is 0.309 e. The van der Waals surface area contributed by atoms with E-state index in [-0.39, 0.29) is 17.0 Å². The average molecular weight is 259 g/mol. The summed E-state index contributed by atoms with van der Waals surface area (Å²) in [6.45, 7) is 8.48. The Morgan fingerprint density at radius 3 is 2.11 bits per heavy atom. The van der Waals surface area contributed by atoms with Crippen LogP contribution >= 0.6 is 0 Å². The summed E-state index contributed by atoms with van der Waals surface area (Å²) in [5.41, 5.74) is -0.116. The predicted molar refractivity (Wildman–Crippen MR) is 66.8 cm³/mol. The third kappa shape index (κ3) is 3.48. The highest BCUT2D eigenvalue weighted by molar-refractivity contribution is 5.25. The molecule has 102 valence electrons. The average Bonchev–Trinajstić information content (AvgIpc) is 2.24. The number of rotatable bonds is 4. The molecular weight excluding hydrogens is 239 g/mol. The minimum atomic E-state index is -1.15. The first kappa shape index (κ1) is 15.0. The molecule has 1 N–H and O–H groups in total. The lowest BCUT2D eigenvalue weighted by atomic mass is 9.82. The first-order chi connectivity index (χ1) is 8.27. The quantitative estimate of drug-likeness (QED) is 0.799. The van der Waals surface area contributed by atoms with Gasteiger partial charge in [0.05, 0.1) is 0 Å². The van der Waals surface area contributed by atoms with Gasteiger partial charge in [0.2, 0.25) is 0 Å². The van der Waals surface area contributed by atoms with Gasteiger partial charge in [0, 0.05) is 17.7 Å². The Kier molecular flexibility index (Phi) is 4.79. The van der Waals surface area contributed by atoms with Crippen LogP contribution in [0.4, 0.5) is 13.2 Å². The molecule has 0 bridgehead atoms. The smallest absolute Gasteiger partial charge is 0.161 e. The van der Waals surface area contributed by atoms with Crippen LogP contribution in [0, 0.1) is 22.9 Å². The van der Waals surface area contributed by atoms with Crippen LogP contribution < -0.4 is 5.32 Å². The van der Waals surface area contributed by atoms with Gasteiger partial charge in [-0.1, -0.05) is 27.7 Å². The maximum absolute atomic E-state index is 13.8. The highest BCUT2D eigenvalue weighted by atomic mass is 19.2. The van der Waals surface area contributed by atoms with E-state index in [0.29, 0.717) is 12.6 Å². The van der Waals surface area contributed by atoms with E-state index in [9.17, 15) is 13.2 Å². The molecule has 0 saturated carbocycles. The molecule has 1 rings (SSSR count). The second-order valence-corrected chi connectivity index (χ2v) is 5.54. The molecule has 1 aromatic rings. The molecule has 0 amide bonds. The Balaban J connectivity index is 3.16. The lowest BCUT2D eigenvalue weighted by Gasteiger charge is -2.32. The molecule has 0 spiro atoms. The number of hydrogen-bond donors (Lipinski definition) is 1. The molecule has 0 radical (unpaired) electrons. The van der Waals surface area contributed by atoms with Crippen molar-refractivity contribution in [2.24, 2.45) is 5.41 Å². The van der Waals surface area contributed by atoms with E-state index < -0.39 is 17.5 Å². The first-order valence-electron chi connectivity index (χ1n) is 6.15. The molecule has 1 aromatic carbocycles. The first-order valence-corrected chi connectivity index (χ1v) is 6.15. The zero-order chi connectivity index (χ0) is 13.9. The van der Waals surface area contributed by atoms with E-state index in [1.807, 2.05) is 27.7 Å². The summed E-state index contributed by atoms with van der Waals surface area (Å²) in [5, 5.41) is 3.18. The molecular formula is C14H20F3N. The zero-order valence-electron chi connectivity index (χ0n) is 11.3. The van der Waals surface area contributed by atoms with Crippen LogP contribution in [0.3, 0.4) is 0 Å².